The maximum Gasteiger partial charge on any atom is 0.315 e. The first-order valence-electron chi connectivity index (χ1n) is 4.23. The van der Waals surface area contributed by atoms with Gasteiger partial charge in [0.2, 0.25) is 11.7 Å². The van der Waals surface area contributed by atoms with Gasteiger partial charge in [0.25, 0.3) is 0 Å². The molecule has 0 unspecified atom stereocenters. The van der Waals surface area contributed by atoms with Crippen molar-refractivity contribution in [3.05, 3.63) is 23.4 Å². The van der Waals surface area contributed by atoms with Crippen LogP contribution in [-0.4, -0.2) is 23.2 Å². The second kappa shape index (κ2) is 4.22. The van der Waals surface area contributed by atoms with E-state index in [1.165, 1.54) is 18.4 Å². The molecule has 2 rings (SSSR count). The zero-order valence-corrected chi connectivity index (χ0v) is 8.78. The molecule has 0 atom stereocenters. The van der Waals surface area contributed by atoms with Gasteiger partial charge in [-0.25, -0.2) is 0 Å². The summed E-state index contributed by atoms with van der Waals surface area (Å²) in [6.07, 6.45) is 0.00880. The van der Waals surface area contributed by atoms with Gasteiger partial charge in [-0.05, 0) is 11.4 Å². The third-order valence-corrected chi connectivity index (χ3v) is 2.60. The fraction of sp³-hybridized carbons (Fsp3) is 0.222. The highest BCUT2D eigenvalue weighted by Crippen LogP contribution is 2.21. The predicted molar refractivity (Wildman–Crippen MR) is 53.3 cm³/mol. The molecule has 6 heteroatoms. The molecular formula is C9H8N2O3S. The molecule has 0 aliphatic rings. The summed E-state index contributed by atoms with van der Waals surface area (Å²) in [7, 11) is 1.32. The number of esters is 1. The average Bonchev–Trinajstić information content (AvgIpc) is 2.85. The number of carbonyl (C=O) groups is 1. The first-order valence-corrected chi connectivity index (χ1v) is 5.11. The lowest BCUT2D eigenvalue weighted by Gasteiger charge is -1.91. The first kappa shape index (κ1) is 9.85. The Morgan fingerprint density at radius 3 is 3.20 bits per heavy atom. The molecule has 0 amide bonds. The lowest BCUT2D eigenvalue weighted by Crippen LogP contribution is -2.04. The molecule has 0 N–H and O–H groups in total. The normalized spacial score (nSPS) is 10.2. The minimum atomic E-state index is -0.392. The summed E-state index contributed by atoms with van der Waals surface area (Å²) in [6.45, 7) is 0. The summed E-state index contributed by atoms with van der Waals surface area (Å²) in [4.78, 5) is 15.9. The van der Waals surface area contributed by atoms with E-state index in [-0.39, 0.29) is 12.3 Å². The number of carbonyl (C=O) groups excluding carboxylic acids is 1. The van der Waals surface area contributed by atoms with Crippen molar-refractivity contribution in [1.82, 2.24) is 10.1 Å². The number of hydrogen-bond acceptors (Lipinski definition) is 6. The van der Waals surface area contributed by atoms with Crippen molar-refractivity contribution in [1.29, 1.82) is 0 Å². The standard InChI is InChI=1S/C9H8N2O3S/c1-13-8(12)5-7-10-9(11-14-7)6-3-2-4-15-6/h2-4H,5H2,1H3. The van der Waals surface area contributed by atoms with Crippen molar-refractivity contribution in [2.45, 2.75) is 6.42 Å². The van der Waals surface area contributed by atoms with Crippen molar-refractivity contribution in [2.24, 2.45) is 0 Å². The summed E-state index contributed by atoms with van der Waals surface area (Å²) in [5.74, 6) is 0.380. The van der Waals surface area contributed by atoms with Crippen LogP contribution in [0, 0.1) is 0 Å². The molecule has 0 saturated heterocycles. The van der Waals surface area contributed by atoms with Gasteiger partial charge in [-0.3, -0.25) is 4.79 Å². The number of nitrogens with zero attached hydrogens (tertiary/aromatic N) is 2. The van der Waals surface area contributed by atoms with E-state index in [0.29, 0.717) is 5.82 Å². The fourth-order valence-electron chi connectivity index (χ4n) is 1.03. The van der Waals surface area contributed by atoms with Gasteiger partial charge in [0.05, 0.1) is 12.0 Å². The number of hydrogen-bond donors (Lipinski definition) is 0. The van der Waals surface area contributed by atoms with Gasteiger partial charge in [0, 0.05) is 0 Å². The predicted octanol–water partition coefficient (Wildman–Crippen LogP) is 1.51. The van der Waals surface area contributed by atoms with Gasteiger partial charge in [-0.1, -0.05) is 11.2 Å². The smallest absolute Gasteiger partial charge is 0.315 e. The van der Waals surface area contributed by atoms with Gasteiger partial charge >= 0.3 is 5.97 Å². The quantitative estimate of drug-likeness (QED) is 0.739. The zero-order chi connectivity index (χ0) is 10.7. The van der Waals surface area contributed by atoms with Crippen LogP contribution in [0.4, 0.5) is 0 Å². The topological polar surface area (TPSA) is 65.2 Å². The average molecular weight is 224 g/mol. The van der Waals surface area contributed by atoms with E-state index in [2.05, 4.69) is 14.9 Å². The molecule has 2 heterocycles. The van der Waals surface area contributed by atoms with Gasteiger partial charge in [0.15, 0.2) is 0 Å². The first-order chi connectivity index (χ1) is 7.29. The van der Waals surface area contributed by atoms with Crippen LogP contribution < -0.4 is 0 Å². The highest BCUT2D eigenvalue weighted by atomic mass is 32.1. The molecule has 0 aliphatic carbocycles. The number of thiophene rings is 1. The van der Waals surface area contributed by atoms with E-state index in [0.717, 1.165) is 4.88 Å². The second-order valence-corrected chi connectivity index (χ2v) is 3.69. The molecule has 2 aromatic rings. The van der Waals surface area contributed by atoms with E-state index in [4.69, 9.17) is 4.52 Å². The van der Waals surface area contributed by atoms with Crippen molar-refractivity contribution < 1.29 is 14.1 Å². The van der Waals surface area contributed by atoms with Crippen LogP contribution in [0.1, 0.15) is 5.89 Å². The van der Waals surface area contributed by atoms with Gasteiger partial charge < -0.3 is 9.26 Å². The third-order valence-electron chi connectivity index (χ3n) is 1.73. The van der Waals surface area contributed by atoms with E-state index in [1.807, 2.05) is 17.5 Å². The molecule has 2 aromatic heterocycles. The summed E-state index contributed by atoms with van der Waals surface area (Å²) < 4.78 is 9.40. The zero-order valence-electron chi connectivity index (χ0n) is 7.97. The van der Waals surface area contributed by atoms with Crippen molar-refractivity contribution in [2.75, 3.05) is 7.11 Å². The summed E-state index contributed by atoms with van der Waals surface area (Å²) in [5.41, 5.74) is 0. The highest BCUT2D eigenvalue weighted by Gasteiger charge is 2.12. The minimum Gasteiger partial charge on any atom is -0.469 e. The van der Waals surface area contributed by atoms with Crippen LogP contribution in [0.15, 0.2) is 22.0 Å². The molecule has 0 fully saturated rings. The molecule has 0 radical (unpaired) electrons. The molecule has 0 spiro atoms. The Hall–Kier alpha value is -1.69. The summed E-state index contributed by atoms with van der Waals surface area (Å²) >= 11 is 1.51. The second-order valence-electron chi connectivity index (χ2n) is 2.74. The lowest BCUT2D eigenvalue weighted by atomic mass is 10.4. The Morgan fingerprint density at radius 1 is 1.67 bits per heavy atom. The van der Waals surface area contributed by atoms with Crippen LogP contribution in [0.25, 0.3) is 10.7 Å². The van der Waals surface area contributed by atoms with Crippen LogP contribution in [-0.2, 0) is 16.0 Å². The van der Waals surface area contributed by atoms with E-state index in [1.54, 1.807) is 0 Å². The molecule has 0 aliphatic heterocycles. The van der Waals surface area contributed by atoms with Crippen molar-refractivity contribution in [3.8, 4) is 10.7 Å². The largest absolute Gasteiger partial charge is 0.469 e. The Morgan fingerprint density at radius 2 is 2.53 bits per heavy atom. The monoisotopic (exact) mass is 224 g/mol. The molecular weight excluding hydrogens is 216 g/mol. The Kier molecular flexibility index (Phi) is 2.77. The van der Waals surface area contributed by atoms with Gasteiger partial charge in [0.1, 0.15) is 6.42 Å². The van der Waals surface area contributed by atoms with E-state index in [9.17, 15) is 4.79 Å². The Labute approximate surface area is 89.7 Å². The number of ether oxygens (including phenoxy) is 1. The van der Waals surface area contributed by atoms with E-state index < -0.39 is 5.97 Å². The molecule has 78 valence electrons. The Bertz CT molecular complexity index is 450. The number of methoxy groups -OCH3 is 1. The van der Waals surface area contributed by atoms with E-state index >= 15 is 0 Å². The number of aromatic nitrogens is 2. The van der Waals surface area contributed by atoms with Crippen molar-refractivity contribution >= 4 is 17.3 Å². The maximum atomic E-state index is 10.9. The van der Waals surface area contributed by atoms with Crippen molar-refractivity contribution in [3.63, 3.8) is 0 Å². The lowest BCUT2D eigenvalue weighted by molar-refractivity contribution is -0.140. The minimum absolute atomic E-state index is 0.00880. The van der Waals surface area contributed by atoms with Gasteiger partial charge in [-0.2, -0.15) is 4.98 Å². The highest BCUT2D eigenvalue weighted by molar-refractivity contribution is 7.13. The molecule has 0 bridgehead atoms. The molecule has 15 heavy (non-hydrogen) atoms. The molecule has 0 saturated carbocycles. The van der Waals surface area contributed by atoms with Crippen LogP contribution in [0.3, 0.4) is 0 Å². The van der Waals surface area contributed by atoms with Crippen LogP contribution >= 0.6 is 11.3 Å². The summed E-state index contributed by atoms with van der Waals surface area (Å²) in [6, 6.07) is 3.79. The van der Waals surface area contributed by atoms with Crippen LogP contribution in [0.5, 0.6) is 0 Å². The van der Waals surface area contributed by atoms with Gasteiger partial charge in [-0.15, -0.1) is 11.3 Å². The SMILES string of the molecule is COC(=O)Cc1nc(-c2cccs2)no1. The summed E-state index contributed by atoms with van der Waals surface area (Å²) in [5, 5.41) is 5.68. The molecule has 5 nitrogen and oxygen atoms in total. The molecule has 0 aromatic carbocycles. The third kappa shape index (κ3) is 2.21. The number of rotatable bonds is 3. The Balaban J connectivity index is 2.14. The fourth-order valence-corrected chi connectivity index (χ4v) is 1.68. The maximum absolute atomic E-state index is 10.9. The van der Waals surface area contributed by atoms with Crippen LogP contribution in [0.2, 0.25) is 0 Å².